The third kappa shape index (κ3) is 11.1. The molecule has 13 heteroatoms. The number of rotatable bonds is 21. The minimum Gasteiger partial charge on any atom is -0.487 e. The molecule has 2 aliphatic rings. The number of fused-ring (bicyclic) bond motifs is 2. The van der Waals surface area contributed by atoms with Crippen LogP contribution >= 0.6 is 0 Å². The number of imidazole rings is 1. The Morgan fingerprint density at radius 3 is 2.33 bits per heavy atom. The number of nitrogen functional groups attached to an aromatic ring is 1. The zero-order chi connectivity index (χ0) is 41.6. The van der Waals surface area contributed by atoms with Crippen LogP contribution in [-0.2, 0) is 26.8 Å². The van der Waals surface area contributed by atoms with Gasteiger partial charge in [0.2, 0.25) is 0 Å². The van der Waals surface area contributed by atoms with Crippen LogP contribution in [0.5, 0.6) is 11.5 Å². The lowest BCUT2D eigenvalue weighted by atomic mass is 9.83. The summed E-state index contributed by atoms with van der Waals surface area (Å²) >= 11 is 0. The molecule has 1 unspecified atom stereocenters. The molecule has 0 radical (unpaired) electrons. The molecule has 5 rings (SSSR count). The summed E-state index contributed by atoms with van der Waals surface area (Å²) in [6.45, 7) is 18.0. The van der Waals surface area contributed by atoms with Crippen LogP contribution in [0.2, 0.25) is 0 Å². The number of carboxylic acids is 1. The first kappa shape index (κ1) is 45.0. The minimum atomic E-state index is -1.02. The molecule has 0 aliphatic carbocycles. The Hall–Kier alpha value is -3.13. The van der Waals surface area contributed by atoms with Crippen molar-refractivity contribution in [1.29, 1.82) is 0 Å². The lowest BCUT2D eigenvalue weighted by Gasteiger charge is -2.39. The van der Waals surface area contributed by atoms with E-state index >= 15 is 0 Å². The maximum Gasteiger partial charge on any atom is 0.320 e. The number of nitrogens with zero attached hydrogens (tertiary/aromatic N) is 4. The van der Waals surface area contributed by atoms with Crippen LogP contribution < -0.4 is 20.9 Å². The third-order valence-electron chi connectivity index (χ3n) is 12.6. The Kier molecular flexibility index (Phi) is 15.6. The number of aromatic nitrogens is 4. The fourth-order valence-electron chi connectivity index (χ4n) is 8.65. The van der Waals surface area contributed by atoms with Gasteiger partial charge in [-0.3, -0.25) is 9.36 Å². The summed E-state index contributed by atoms with van der Waals surface area (Å²) in [5.74, 6) is 4.39. The third-order valence-corrected chi connectivity index (χ3v) is 14.4. The fourth-order valence-corrected chi connectivity index (χ4v) is 10.3. The minimum absolute atomic E-state index is 0.227. The summed E-state index contributed by atoms with van der Waals surface area (Å²) in [5, 5.41) is 21.2. The molecule has 1 saturated heterocycles. The summed E-state index contributed by atoms with van der Waals surface area (Å²) in [7, 11) is -0.276. The Bertz CT molecular complexity index is 1800. The molecule has 3 aromatic rings. The number of hydrogen-bond acceptors (Lipinski definition) is 10. The Balaban J connectivity index is 1.27. The van der Waals surface area contributed by atoms with Gasteiger partial charge in [0.15, 0.2) is 23.8 Å². The lowest BCUT2D eigenvalue weighted by Crippen LogP contribution is -2.40. The number of hydrogen-bond donors (Lipinski definition) is 4. The van der Waals surface area contributed by atoms with E-state index in [0.29, 0.717) is 29.1 Å². The monoisotopic (exact) mass is 812 g/mol. The predicted octanol–water partition coefficient (Wildman–Crippen LogP) is 7.61. The van der Waals surface area contributed by atoms with Gasteiger partial charge >= 0.3 is 5.97 Å². The van der Waals surface area contributed by atoms with E-state index in [9.17, 15) is 15.0 Å². The van der Waals surface area contributed by atoms with Crippen molar-refractivity contribution >= 4 is 33.8 Å². The first-order valence-corrected chi connectivity index (χ1v) is 23.3. The normalized spacial score (nSPS) is 24.3. The molecule has 1 aromatic carbocycles. The Morgan fingerprint density at radius 1 is 1.00 bits per heavy atom. The number of nitrogens with two attached hydrogens (primary N) is 2. The number of benzene rings is 1. The standard InChI is InChI=1S/C44H70N6O6S/c1-26(2)13-10-14-27(3)15-11-16-28(4)17-12-20-44(8)21-18-32-31(7)37(29(5)30(6)38(32)56-44)55-39-36(51)34(23-57(9)22-19-33(45)43(52)53)54-42(39)50-25-49-35-40(46)47-24-48-41(35)50/h24-28,33-34,36,39,42,51H,10-23,45H2,1-9H3,(H2-,46,47,48,52,53)/p+1/t27-,28-,33+,34-,36-,39-,42-,44-,57?/m1/s1. The van der Waals surface area contributed by atoms with Crippen molar-refractivity contribution in [3.05, 3.63) is 34.9 Å². The van der Waals surface area contributed by atoms with Crippen molar-refractivity contribution in [3.8, 4) is 11.5 Å². The van der Waals surface area contributed by atoms with Gasteiger partial charge < -0.3 is 35.9 Å². The number of aliphatic hydroxyl groups is 1. The van der Waals surface area contributed by atoms with Crippen LogP contribution in [0.25, 0.3) is 11.2 Å². The quantitative estimate of drug-likeness (QED) is 0.0778. The highest BCUT2D eigenvalue weighted by Gasteiger charge is 2.50. The Morgan fingerprint density at radius 2 is 1.67 bits per heavy atom. The van der Waals surface area contributed by atoms with Gasteiger partial charge in [0.1, 0.15) is 58.7 Å². The van der Waals surface area contributed by atoms with E-state index in [4.69, 9.17) is 25.7 Å². The number of aliphatic carboxylic acids is 1. The van der Waals surface area contributed by atoms with Gasteiger partial charge in [-0.15, -0.1) is 0 Å². The average Bonchev–Trinajstić information content (AvgIpc) is 3.72. The van der Waals surface area contributed by atoms with Gasteiger partial charge in [0.05, 0.1) is 12.6 Å². The van der Waals surface area contributed by atoms with Crippen LogP contribution in [0, 0.1) is 38.5 Å². The first-order valence-electron chi connectivity index (χ1n) is 21.3. The van der Waals surface area contributed by atoms with Crippen LogP contribution in [0.3, 0.4) is 0 Å². The van der Waals surface area contributed by atoms with Gasteiger partial charge in [0, 0.05) is 12.0 Å². The van der Waals surface area contributed by atoms with E-state index in [2.05, 4.69) is 70.3 Å². The van der Waals surface area contributed by atoms with Gasteiger partial charge in [-0.25, -0.2) is 15.0 Å². The molecule has 57 heavy (non-hydrogen) atoms. The van der Waals surface area contributed by atoms with E-state index in [-0.39, 0.29) is 22.3 Å². The molecule has 0 saturated carbocycles. The molecule has 12 nitrogen and oxygen atoms in total. The van der Waals surface area contributed by atoms with Crippen molar-refractivity contribution in [3.63, 3.8) is 0 Å². The summed E-state index contributed by atoms with van der Waals surface area (Å²) < 4.78 is 22.2. The average molecular weight is 812 g/mol. The van der Waals surface area contributed by atoms with Crippen LogP contribution in [0.1, 0.15) is 134 Å². The largest absolute Gasteiger partial charge is 0.487 e. The van der Waals surface area contributed by atoms with Gasteiger partial charge in [-0.1, -0.05) is 72.6 Å². The van der Waals surface area contributed by atoms with Crippen molar-refractivity contribution in [1.82, 2.24) is 19.5 Å². The number of anilines is 1. The maximum absolute atomic E-state index is 11.9. The molecular formula is C44H71N6O6S+. The summed E-state index contributed by atoms with van der Waals surface area (Å²) in [6.07, 6.45) is 15.5. The predicted molar refractivity (Wildman–Crippen MR) is 230 cm³/mol. The molecule has 1 fully saturated rings. The van der Waals surface area contributed by atoms with Crippen molar-refractivity contribution in [2.75, 3.05) is 23.5 Å². The number of carbonyl (C=O) groups is 1. The van der Waals surface area contributed by atoms with Crippen molar-refractivity contribution < 1.29 is 29.2 Å². The van der Waals surface area contributed by atoms with E-state index in [1.165, 1.54) is 51.3 Å². The molecule has 0 spiro atoms. The van der Waals surface area contributed by atoms with E-state index in [0.717, 1.165) is 77.2 Å². The second-order valence-electron chi connectivity index (χ2n) is 18.0. The maximum atomic E-state index is 11.9. The summed E-state index contributed by atoms with van der Waals surface area (Å²) in [4.78, 5) is 24.4. The van der Waals surface area contributed by atoms with Gasteiger partial charge in [0.25, 0.3) is 0 Å². The number of ether oxygens (including phenoxy) is 3. The molecule has 6 N–H and O–H groups in total. The van der Waals surface area contributed by atoms with Gasteiger partial charge in [-0.05, 0) is 98.7 Å². The van der Waals surface area contributed by atoms with Crippen molar-refractivity contribution in [2.24, 2.45) is 23.5 Å². The van der Waals surface area contributed by atoms with Crippen LogP contribution in [-0.4, -0.2) is 83.4 Å². The van der Waals surface area contributed by atoms with Crippen LogP contribution in [0.4, 0.5) is 5.82 Å². The SMILES string of the molecule is Cc1c(C)c2c(c(C)c1O[C@@H]1[C@H](O)[C@@H](C[S+](C)CC[C@H](N)C(=O)O)O[C@H]1n1cnc3c(N)ncnc31)CC[C@@](C)(CCC[C@H](C)CCC[C@H](C)CCCC(C)C)O2. The molecule has 4 heterocycles. The highest BCUT2D eigenvalue weighted by atomic mass is 32.2. The molecule has 0 amide bonds. The Labute approximate surface area is 343 Å². The molecule has 318 valence electrons. The first-order chi connectivity index (χ1) is 27.0. The second kappa shape index (κ2) is 19.7. The smallest absolute Gasteiger partial charge is 0.320 e. The zero-order valence-corrected chi connectivity index (χ0v) is 36.9. The lowest BCUT2D eigenvalue weighted by molar-refractivity contribution is -0.138. The molecule has 9 atom stereocenters. The molecular weight excluding hydrogens is 741 g/mol. The molecule has 0 bridgehead atoms. The highest BCUT2D eigenvalue weighted by Crippen LogP contribution is 2.47. The topological polar surface area (TPSA) is 181 Å². The summed E-state index contributed by atoms with van der Waals surface area (Å²) in [6, 6.07) is -0.928. The van der Waals surface area contributed by atoms with Crippen LogP contribution in [0.15, 0.2) is 12.7 Å². The number of aliphatic hydroxyl groups excluding tert-OH is 1. The zero-order valence-electron chi connectivity index (χ0n) is 36.1. The van der Waals surface area contributed by atoms with Crippen molar-refractivity contribution in [2.45, 2.75) is 169 Å². The molecule has 2 aromatic heterocycles. The van der Waals surface area contributed by atoms with E-state index in [1.807, 2.05) is 6.26 Å². The molecule has 2 aliphatic heterocycles. The second-order valence-corrected chi connectivity index (χ2v) is 20.3. The number of carboxylic acid groups (broad SMARTS) is 1. The highest BCUT2D eigenvalue weighted by molar-refractivity contribution is 7.96. The van der Waals surface area contributed by atoms with Gasteiger partial charge in [-0.2, -0.15) is 0 Å². The van der Waals surface area contributed by atoms with E-state index in [1.54, 1.807) is 10.9 Å². The summed E-state index contributed by atoms with van der Waals surface area (Å²) in [5.41, 5.74) is 16.8. The van der Waals surface area contributed by atoms with E-state index < -0.39 is 36.6 Å². The fraction of sp³-hybridized carbons (Fsp3) is 0.727.